The van der Waals surface area contributed by atoms with Crippen molar-refractivity contribution in [2.24, 2.45) is 0 Å². The summed E-state index contributed by atoms with van der Waals surface area (Å²) in [4.78, 5) is 22.9. The smallest absolute Gasteiger partial charge is 0.377 e. The molecule has 2 aromatic rings. The molecule has 0 aromatic heterocycles. The Hall–Kier alpha value is -3.10. The molecule has 1 aliphatic rings. The van der Waals surface area contributed by atoms with Crippen molar-refractivity contribution in [1.82, 2.24) is 5.32 Å². The number of hydrogen-bond donors (Lipinski definition) is 2. The van der Waals surface area contributed by atoms with Crippen LogP contribution < -0.4 is 10.6 Å². The number of carbonyl (C=O) groups excluding carboxylic acids is 1. The highest BCUT2D eigenvalue weighted by Gasteiger charge is 2.30. The van der Waals surface area contributed by atoms with Gasteiger partial charge in [0.2, 0.25) is 0 Å². The normalized spacial score (nSPS) is 13.9. The number of hydrogen-bond acceptors (Lipinski definition) is 4. The zero-order valence-electron chi connectivity index (χ0n) is 14.0. The third kappa shape index (κ3) is 4.75. The zero-order chi connectivity index (χ0) is 19.6. The third-order valence-electron chi connectivity index (χ3n) is 4.10. The van der Waals surface area contributed by atoms with Gasteiger partial charge in [-0.3, -0.25) is 14.9 Å². The molecule has 1 aliphatic carbocycles. The SMILES string of the molecule is O=C(NCc1cccc(C(F)(F)F)c1)c1ccc(NC2CC2)c([N+](=O)[O-])c1. The molecule has 0 unspecified atom stereocenters. The molecule has 0 spiro atoms. The lowest BCUT2D eigenvalue weighted by molar-refractivity contribution is -0.384. The van der Waals surface area contributed by atoms with Gasteiger partial charge in [0.25, 0.3) is 11.6 Å². The Labute approximate surface area is 152 Å². The van der Waals surface area contributed by atoms with E-state index in [1.165, 1.54) is 24.3 Å². The van der Waals surface area contributed by atoms with Gasteiger partial charge in [0.1, 0.15) is 5.69 Å². The molecule has 0 aliphatic heterocycles. The van der Waals surface area contributed by atoms with Crippen LogP contribution in [0, 0.1) is 10.1 Å². The molecular weight excluding hydrogens is 363 g/mol. The van der Waals surface area contributed by atoms with Crippen molar-refractivity contribution in [1.29, 1.82) is 0 Å². The second-order valence-electron chi connectivity index (χ2n) is 6.29. The van der Waals surface area contributed by atoms with Crippen LogP contribution in [0.5, 0.6) is 0 Å². The topological polar surface area (TPSA) is 84.3 Å². The summed E-state index contributed by atoms with van der Waals surface area (Å²) in [5.41, 5.74) is -0.333. The molecule has 2 aromatic carbocycles. The molecule has 2 N–H and O–H groups in total. The molecule has 0 radical (unpaired) electrons. The Kier molecular flexibility index (Phi) is 5.02. The number of alkyl halides is 3. The molecule has 142 valence electrons. The van der Waals surface area contributed by atoms with Gasteiger partial charge < -0.3 is 10.6 Å². The summed E-state index contributed by atoms with van der Waals surface area (Å²) < 4.78 is 38.2. The maximum Gasteiger partial charge on any atom is 0.416 e. The highest BCUT2D eigenvalue weighted by molar-refractivity contribution is 5.95. The molecule has 0 heterocycles. The number of benzene rings is 2. The fourth-order valence-electron chi connectivity index (χ4n) is 2.54. The van der Waals surface area contributed by atoms with E-state index in [-0.39, 0.29) is 29.4 Å². The van der Waals surface area contributed by atoms with Gasteiger partial charge in [-0.05, 0) is 42.7 Å². The zero-order valence-corrected chi connectivity index (χ0v) is 14.0. The molecule has 6 nitrogen and oxygen atoms in total. The lowest BCUT2D eigenvalue weighted by Gasteiger charge is -2.10. The molecule has 27 heavy (non-hydrogen) atoms. The minimum atomic E-state index is -4.47. The molecule has 3 rings (SSSR count). The van der Waals surface area contributed by atoms with Crippen molar-refractivity contribution in [2.75, 3.05) is 5.32 Å². The van der Waals surface area contributed by atoms with Crippen LogP contribution >= 0.6 is 0 Å². The molecule has 1 saturated carbocycles. The quantitative estimate of drug-likeness (QED) is 0.584. The van der Waals surface area contributed by atoms with Crippen LogP contribution in [0.15, 0.2) is 42.5 Å². The number of anilines is 1. The van der Waals surface area contributed by atoms with Gasteiger partial charge in [0.05, 0.1) is 10.5 Å². The summed E-state index contributed by atoms with van der Waals surface area (Å²) >= 11 is 0. The van der Waals surface area contributed by atoms with E-state index in [0.717, 1.165) is 31.0 Å². The minimum absolute atomic E-state index is 0.0648. The van der Waals surface area contributed by atoms with E-state index in [2.05, 4.69) is 10.6 Å². The van der Waals surface area contributed by atoms with Gasteiger partial charge >= 0.3 is 6.18 Å². The van der Waals surface area contributed by atoms with E-state index in [1.54, 1.807) is 0 Å². The monoisotopic (exact) mass is 379 g/mol. The molecule has 0 atom stereocenters. The van der Waals surface area contributed by atoms with Crippen molar-refractivity contribution < 1.29 is 22.9 Å². The Morgan fingerprint density at radius 3 is 2.56 bits per heavy atom. The minimum Gasteiger partial charge on any atom is -0.377 e. The summed E-state index contributed by atoms with van der Waals surface area (Å²) in [5.74, 6) is -0.603. The van der Waals surface area contributed by atoms with Crippen molar-refractivity contribution in [3.8, 4) is 0 Å². The second-order valence-corrected chi connectivity index (χ2v) is 6.29. The van der Waals surface area contributed by atoms with Gasteiger partial charge in [-0.15, -0.1) is 0 Å². The van der Waals surface area contributed by atoms with Gasteiger partial charge in [0, 0.05) is 24.2 Å². The number of nitro benzene ring substituents is 1. The van der Waals surface area contributed by atoms with Crippen LogP contribution in [-0.2, 0) is 12.7 Å². The number of halogens is 3. The van der Waals surface area contributed by atoms with Gasteiger partial charge in [-0.1, -0.05) is 12.1 Å². The van der Waals surface area contributed by atoms with E-state index < -0.39 is 22.6 Å². The van der Waals surface area contributed by atoms with Crippen molar-refractivity contribution in [3.63, 3.8) is 0 Å². The van der Waals surface area contributed by atoms with Crippen LogP contribution in [0.2, 0.25) is 0 Å². The first-order chi connectivity index (χ1) is 12.7. The molecule has 9 heteroatoms. The van der Waals surface area contributed by atoms with E-state index in [9.17, 15) is 28.1 Å². The fourth-order valence-corrected chi connectivity index (χ4v) is 2.54. The third-order valence-corrected chi connectivity index (χ3v) is 4.10. The Bertz CT molecular complexity index is 880. The highest BCUT2D eigenvalue weighted by Crippen LogP contribution is 2.32. The molecule has 1 amide bonds. The van der Waals surface area contributed by atoms with Gasteiger partial charge in [0.15, 0.2) is 0 Å². The summed E-state index contributed by atoms with van der Waals surface area (Å²) in [5, 5.41) is 16.8. The summed E-state index contributed by atoms with van der Waals surface area (Å²) in [6.07, 6.45) is -2.59. The van der Waals surface area contributed by atoms with E-state index in [4.69, 9.17) is 0 Å². The number of amides is 1. The number of carbonyl (C=O) groups is 1. The lowest BCUT2D eigenvalue weighted by Crippen LogP contribution is -2.23. The molecule has 0 saturated heterocycles. The van der Waals surface area contributed by atoms with E-state index in [0.29, 0.717) is 5.69 Å². The first kappa shape index (κ1) is 18.7. The van der Waals surface area contributed by atoms with Crippen LogP contribution in [0.1, 0.15) is 34.3 Å². The van der Waals surface area contributed by atoms with Crippen molar-refractivity contribution in [2.45, 2.75) is 31.6 Å². The van der Waals surface area contributed by atoms with Crippen LogP contribution in [0.3, 0.4) is 0 Å². The summed E-state index contributed by atoms with van der Waals surface area (Å²) in [7, 11) is 0. The van der Waals surface area contributed by atoms with E-state index in [1.807, 2.05) is 0 Å². The maximum absolute atomic E-state index is 12.7. The Morgan fingerprint density at radius 2 is 1.93 bits per heavy atom. The molecule has 1 fully saturated rings. The maximum atomic E-state index is 12.7. The molecular formula is C18H16F3N3O3. The standard InChI is InChI=1S/C18H16F3N3O3/c19-18(20,21)13-3-1-2-11(8-13)10-22-17(25)12-4-7-15(23-14-5-6-14)16(9-12)24(26)27/h1-4,7-9,14,23H,5-6,10H2,(H,22,25). The first-order valence-corrected chi connectivity index (χ1v) is 8.23. The number of rotatable bonds is 6. The fraction of sp³-hybridized carbons (Fsp3) is 0.278. The number of nitrogens with one attached hydrogen (secondary N) is 2. The Balaban J connectivity index is 1.71. The first-order valence-electron chi connectivity index (χ1n) is 8.23. The predicted molar refractivity (Wildman–Crippen MR) is 92.4 cm³/mol. The average molecular weight is 379 g/mol. The summed E-state index contributed by atoms with van der Waals surface area (Å²) in [6, 6.07) is 8.89. The average Bonchev–Trinajstić information content (AvgIpc) is 3.43. The van der Waals surface area contributed by atoms with Crippen molar-refractivity contribution >= 4 is 17.3 Å². The molecule has 0 bridgehead atoms. The highest BCUT2D eigenvalue weighted by atomic mass is 19.4. The lowest BCUT2D eigenvalue weighted by atomic mass is 10.1. The number of nitrogens with zero attached hydrogens (tertiary/aromatic N) is 1. The second kappa shape index (κ2) is 7.26. The predicted octanol–water partition coefficient (Wildman–Crippen LogP) is 4.12. The summed E-state index contributed by atoms with van der Waals surface area (Å²) in [6.45, 7) is -0.126. The number of nitro groups is 1. The van der Waals surface area contributed by atoms with Crippen LogP contribution in [0.4, 0.5) is 24.5 Å². The van der Waals surface area contributed by atoms with Gasteiger partial charge in [-0.2, -0.15) is 13.2 Å². The van der Waals surface area contributed by atoms with E-state index >= 15 is 0 Å². The van der Waals surface area contributed by atoms with Crippen molar-refractivity contribution in [3.05, 3.63) is 69.3 Å². The van der Waals surface area contributed by atoms with Gasteiger partial charge in [-0.25, -0.2) is 0 Å². The van der Waals surface area contributed by atoms with Crippen LogP contribution in [-0.4, -0.2) is 16.9 Å². The van der Waals surface area contributed by atoms with Crippen LogP contribution in [0.25, 0.3) is 0 Å². The Morgan fingerprint density at radius 1 is 1.19 bits per heavy atom. The largest absolute Gasteiger partial charge is 0.416 e.